The summed E-state index contributed by atoms with van der Waals surface area (Å²) in [6.07, 6.45) is 25.1. The molecule has 30 heavy (non-hydrogen) atoms. The molecule has 0 aliphatic heterocycles. The number of rotatable bonds is 24. The maximum atomic E-state index is 6.57. The van der Waals surface area contributed by atoms with Crippen molar-refractivity contribution in [3.8, 4) is 0 Å². The summed E-state index contributed by atoms with van der Waals surface area (Å²) in [7, 11) is -1.97. The lowest BCUT2D eigenvalue weighted by atomic mass is 10.0. The van der Waals surface area contributed by atoms with Crippen molar-refractivity contribution in [3.05, 3.63) is 0 Å². The Kier molecular flexibility index (Phi) is 22.4. The first-order valence-corrected chi connectivity index (χ1v) is 16.2. The molecule has 182 valence electrons. The van der Waals surface area contributed by atoms with Crippen LogP contribution in [0.4, 0.5) is 0 Å². The fraction of sp³-hybridized carbons (Fsp3) is 1.00. The Morgan fingerprint density at radius 2 is 0.967 bits per heavy atom. The average Bonchev–Trinajstić information content (AvgIpc) is 2.77. The highest BCUT2D eigenvalue weighted by atomic mass is 28.4. The quantitative estimate of drug-likeness (QED) is 0.109. The largest absolute Gasteiger partial charge is 0.394 e. The molecule has 0 aliphatic carbocycles. The van der Waals surface area contributed by atoms with Gasteiger partial charge < -0.3 is 8.85 Å². The van der Waals surface area contributed by atoms with Crippen molar-refractivity contribution in [1.82, 2.24) is 0 Å². The third kappa shape index (κ3) is 16.8. The molecule has 1 unspecified atom stereocenters. The number of unbranched alkanes of at least 4 members (excludes halogenated alkanes) is 14. The lowest BCUT2D eigenvalue weighted by Crippen LogP contribution is -2.44. The standard InChI is InChI=1S/C27H58O2Si/c1-6-11-12-13-14-15-16-17-18-19-20-21-22-23-24-26-28-30(9-4,10-5)29-27(8-3)25-7-2/h27H,6-26H2,1-5H3. The van der Waals surface area contributed by atoms with E-state index in [-0.39, 0.29) is 0 Å². The molecule has 0 amide bonds. The molecule has 0 heterocycles. The van der Waals surface area contributed by atoms with Gasteiger partial charge in [0.2, 0.25) is 0 Å². The van der Waals surface area contributed by atoms with Crippen molar-refractivity contribution in [2.24, 2.45) is 0 Å². The highest BCUT2D eigenvalue weighted by Gasteiger charge is 2.35. The third-order valence-corrected chi connectivity index (χ3v) is 10.3. The molecule has 2 nitrogen and oxygen atoms in total. The normalized spacial score (nSPS) is 13.1. The van der Waals surface area contributed by atoms with E-state index in [1.54, 1.807) is 0 Å². The van der Waals surface area contributed by atoms with E-state index in [1.807, 2.05) is 0 Å². The zero-order valence-corrected chi connectivity index (χ0v) is 22.7. The van der Waals surface area contributed by atoms with Crippen molar-refractivity contribution in [1.29, 1.82) is 0 Å². The maximum absolute atomic E-state index is 6.57. The molecule has 0 aromatic rings. The van der Waals surface area contributed by atoms with Gasteiger partial charge in [0.1, 0.15) is 0 Å². The monoisotopic (exact) mass is 442 g/mol. The summed E-state index contributed by atoms with van der Waals surface area (Å²) < 4.78 is 13.0. The van der Waals surface area contributed by atoms with Gasteiger partial charge in [-0.15, -0.1) is 0 Å². The summed E-state index contributed by atoms with van der Waals surface area (Å²) in [5, 5.41) is 0. The van der Waals surface area contributed by atoms with Crippen LogP contribution in [0.25, 0.3) is 0 Å². The lowest BCUT2D eigenvalue weighted by molar-refractivity contribution is 0.102. The van der Waals surface area contributed by atoms with Crippen LogP contribution in [-0.4, -0.2) is 21.3 Å². The Morgan fingerprint density at radius 3 is 1.33 bits per heavy atom. The Bertz CT molecular complexity index is 331. The van der Waals surface area contributed by atoms with Gasteiger partial charge in [0.05, 0.1) is 0 Å². The lowest BCUT2D eigenvalue weighted by Gasteiger charge is -2.33. The second-order valence-electron chi connectivity index (χ2n) is 9.35. The summed E-state index contributed by atoms with van der Waals surface area (Å²) >= 11 is 0. The molecule has 0 radical (unpaired) electrons. The van der Waals surface area contributed by atoms with Gasteiger partial charge in [0.15, 0.2) is 0 Å². The molecule has 0 bridgehead atoms. The average molecular weight is 443 g/mol. The molecule has 0 aliphatic rings. The van der Waals surface area contributed by atoms with Gasteiger partial charge in [-0.05, 0) is 31.4 Å². The zero-order valence-electron chi connectivity index (χ0n) is 21.7. The maximum Gasteiger partial charge on any atom is 0.337 e. The first kappa shape index (κ1) is 30.1. The zero-order chi connectivity index (χ0) is 22.3. The predicted octanol–water partition coefficient (Wildman–Crippen LogP) is 9.95. The fourth-order valence-corrected chi connectivity index (χ4v) is 7.08. The van der Waals surface area contributed by atoms with Gasteiger partial charge >= 0.3 is 8.56 Å². The van der Waals surface area contributed by atoms with E-state index in [0.717, 1.165) is 25.1 Å². The van der Waals surface area contributed by atoms with Crippen molar-refractivity contribution in [2.75, 3.05) is 6.61 Å². The van der Waals surface area contributed by atoms with Crippen LogP contribution in [0.5, 0.6) is 0 Å². The van der Waals surface area contributed by atoms with Gasteiger partial charge in [-0.2, -0.15) is 0 Å². The molecular formula is C27H58O2Si. The highest BCUT2D eigenvalue weighted by molar-refractivity contribution is 6.67. The summed E-state index contributed by atoms with van der Waals surface area (Å²) in [4.78, 5) is 0. The summed E-state index contributed by atoms with van der Waals surface area (Å²) in [5.74, 6) is 0. The van der Waals surface area contributed by atoms with Crippen LogP contribution in [0.3, 0.4) is 0 Å². The Hall–Kier alpha value is 0.137. The molecule has 0 aromatic heterocycles. The van der Waals surface area contributed by atoms with Gasteiger partial charge in [0, 0.05) is 12.7 Å². The van der Waals surface area contributed by atoms with Crippen LogP contribution in [-0.2, 0) is 8.85 Å². The summed E-state index contributed by atoms with van der Waals surface area (Å²) in [6.45, 7) is 12.2. The van der Waals surface area contributed by atoms with Gasteiger partial charge in [-0.25, -0.2) is 0 Å². The molecular weight excluding hydrogens is 384 g/mol. The van der Waals surface area contributed by atoms with E-state index < -0.39 is 8.56 Å². The van der Waals surface area contributed by atoms with Crippen molar-refractivity contribution in [3.63, 3.8) is 0 Å². The van der Waals surface area contributed by atoms with Crippen LogP contribution in [0.2, 0.25) is 12.1 Å². The molecule has 1 atom stereocenters. The first-order valence-electron chi connectivity index (χ1n) is 14.0. The van der Waals surface area contributed by atoms with Crippen molar-refractivity contribution in [2.45, 2.75) is 168 Å². The Labute approximate surface area is 192 Å². The van der Waals surface area contributed by atoms with Crippen LogP contribution >= 0.6 is 0 Å². The molecule has 3 heteroatoms. The molecule has 0 N–H and O–H groups in total. The minimum absolute atomic E-state index is 0.405. The van der Waals surface area contributed by atoms with E-state index in [4.69, 9.17) is 8.85 Å². The van der Waals surface area contributed by atoms with E-state index in [0.29, 0.717) is 6.10 Å². The SMILES string of the molecule is CCCCCCCCCCCCCCCCCO[Si](CC)(CC)OC(CC)CCC. The minimum atomic E-state index is -1.97. The van der Waals surface area contributed by atoms with Crippen LogP contribution in [0, 0.1) is 0 Å². The van der Waals surface area contributed by atoms with E-state index in [2.05, 4.69) is 34.6 Å². The molecule has 0 aromatic carbocycles. The van der Waals surface area contributed by atoms with Crippen molar-refractivity contribution >= 4 is 8.56 Å². The summed E-state index contributed by atoms with van der Waals surface area (Å²) in [5.41, 5.74) is 0. The fourth-order valence-electron chi connectivity index (χ4n) is 4.36. The highest BCUT2D eigenvalue weighted by Crippen LogP contribution is 2.24. The van der Waals surface area contributed by atoms with Crippen molar-refractivity contribution < 1.29 is 8.85 Å². The third-order valence-electron chi connectivity index (χ3n) is 6.64. The van der Waals surface area contributed by atoms with Gasteiger partial charge in [-0.1, -0.05) is 131 Å². The summed E-state index contributed by atoms with van der Waals surface area (Å²) in [6, 6.07) is 2.17. The van der Waals surface area contributed by atoms with Crippen LogP contribution in [0.1, 0.15) is 150 Å². The molecule has 0 saturated heterocycles. The van der Waals surface area contributed by atoms with Gasteiger partial charge in [0.25, 0.3) is 0 Å². The predicted molar refractivity (Wildman–Crippen MR) is 138 cm³/mol. The van der Waals surface area contributed by atoms with Crippen LogP contribution < -0.4 is 0 Å². The second-order valence-corrected chi connectivity index (χ2v) is 13.1. The second kappa shape index (κ2) is 22.3. The Balaban J connectivity index is 3.60. The number of hydrogen-bond acceptors (Lipinski definition) is 2. The van der Waals surface area contributed by atoms with Crippen LogP contribution in [0.15, 0.2) is 0 Å². The molecule has 0 saturated carbocycles. The van der Waals surface area contributed by atoms with E-state index >= 15 is 0 Å². The Morgan fingerprint density at radius 1 is 0.533 bits per heavy atom. The minimum Gasteiger partial charge on any atom is -0.394 e. The van der Waals surface area contributed by atoms with E-state index in [9.17, 15) is 0 Å². The topological polar surface area (TPSA) is 18.5 Å². The molecule has 0 rings (SSSR count). The van der Waals surface area contributed by atoms with Gasteiger partial charge in [-0.3, -0.25) is 0 Å². The smallest absolute Gasteiger partial charge is 0.337 e. The molecule has 0 fully saturated rings. The number of hydrogen-bond donors (Lipinski definition) is 0. The first-order chi connectivity index (χ1) is 14.7. The van der Waals surface area contributed by atoms with E-state index in [1.165, 1.54) is 109 Å². The molecule has 0 spiro atoms.